The average Bonchev–Trinajstić information content (AvgIpc) is 3.48. The topological polar surface area (TPSA) is 12.0 Å². The lowest BCUT2D eigenvalue weighted by molar-refractivity contribution is 0.319. The summed E-state index contributed by atoms with van der Waals surface area (Å²) in [6.07, 6.45) is 20.2. The van der Waals surface area contributed by atoms with Gasteiger partial charge in [-0.3, -0.25) is 0 Å². The van der Waals surface area contributed by atoms with Crippen molar-refractivity contribution in [1.29, 1.82) is 0 Å². The highest BCUT2D eigenvalue weighted by molar-refractivity contribution is 7.80. The molecule has 0 aromatic heterocycles. The molecular formula is C24H35NS. The van der Waals surface area contributed by atoms with Crippen molar-refractivity contribution in [2.24, 2.45) is 47.3 Å². The molecule has 0 heterocycles. The highest BCUT2D eigenvalue weighted by Gasteiger charge is 2.45. The molecule has 1 nitrogen and oxygen atoms in total. The van der Waals surface area contributed by atoms with Crippen molar-refractivity contribution >= 4 is 17.1 Å². The van der Waals surface area contributed by atoms with E-state index in [9.17, 15) is 0 Å². The first-order chi connectivity index (χ1) is 12.7. The smallest absolute Gasteiger partial charge is 0.0289 e. The van der Waals surface area contributed by atoms with E-state index in [1.165, 1.54) is 81.9 Å². The Morgan fingerprint density at radius 1 is 0.654 bits per heavy atom. The summed E-state index contributed by atoms with van der Waals surface area (Å²) >= 11 is 6.07. The van der Waals surface area contributed by atoms with E-state index < -0.39 is 0 Å². The van der Waals surface area contributed by atoms with Crippen molar-refractivity contribution in [2.45, 2.75) is 83.1 Å². The number of allylic oxidation sites excluding steroid dienone is 2. The Morgan fingerprint density at radius 2 is 1.23 bits per heavy atom. The van der Waals surface area contributed by atoms with E-state index in [0.29, 0.717) is 0 Å². The third-order valence-electron chi connectivity index (χ3n) is 9.63. The Hall–Kier alpha value is -0.370. The van der Waals surface area contributed by atoms with Gasteiger partial charge >= 0.3 is 0 Å². The third-order valence-corrected chi connectivity index (χ3v) is 10.0. The van der Waals surface area contributed by atoms with Crippen molar-refractivity contribution in [1.82, 2.24) is 5.32 Å². The summed E-state index contributed by atoms with van der Waals surface area (Å²) in [4.78, 5) is 1.32. The lowest BCUT2D eigenvalue weighted by atomic mass is 9.82. The quantitative estimate of drug-likeness (QED) is 0.479. The molecular weight excluding hydrogens is 334 g/mol. The first-order valence-electron chi connectivity index (χ1n) is 11.7. The molecule has 0 amide bonds. The minimum Gasteiger partial charge on any atom is -0.385 e. The van der Waals surface area contributed by atoms with E-state index in [0.717, 1.165) is 53.4 Å². The fourth-order valence-corrected chi connectivity index (χ4v) is 8.79. The van der Waals surface area contributed by atoms with Crippen LogP contribution in [0.25, 0.3) is 0 Å². The number of rotatable bonds is 5. The summed E-state index contributed by atoms with van der Waals surface area (Å²) in [6.45, 7) is 0. The van der Waals surface area contributed by atoms with Gasteiger partial charge in [0.25, 0.3) is 0 Å². The van der Waals surface area contributed by atoms with Crippen molar-refractivity contribution in [3.63, 3.8) is 0 Å². The maximum atomic E-state index is 6.07. The highest BCUT2D eigenvalue weighted by Crippen LogP contribution is 2.53. The third kappa shape index (κ3) is 2.73. The standard InChI is InChI=1S/C24H35NS/c26-24(21-11-15-2-5-18(21)8-15)13-23(20-10-14-1-4-17(20)7-14)25-22-12-16-3-6-19(22)9-16/h13-22,25H,1-12H2. The molecule has 0 radical (unpaired) electrons. The predicted octanol–water partition coefficient (Wildman–Crippen LogP) is 5.89. The Bertz CT molecular complexity index is 624. The van der Waals surface area contributed by atoms with Gasteiger partial charge in [0, 0.05) is 22.5 Å². The normalized spacial score (nSPS) is 51.5. The number of hydrogen-bond acceptors (Lipinski definition) is 2. The molecule has 9 atom stereocenters. The number of fused-ring (bicyclic) bond motifs is 6. The molecule has 0 aromatic carbocycles. The van der Waals surface area contributed by atoms with E-state index in [2.05, 4.69) is 11.4 Å². The van der Waals surface area contributed by atoms with Crippen LogP contribution in [0, 0.1) is 47.3 Å². The summed E-state index contributed by atoms with van der Waals surface area (Å²) in [5.41, 5.74) is 1.60. The van der Waals surface area contributed by atoms with Gasteiger partial charge in [-0.2, -0.15) is 0 Å². The SMILES string of the molecule is S=C(C=C(NC1CC2CCC1C2)C1CC2CCC1C2)C1CC2CCC1C2. The molecule has 6 saturated carbocycles. The summed E-state index contributed by atoms with van der Waals surface area (Å²) in [7, 11) is 0. The summed E-state index contributed by atoms with van der Waals surface area (Å²) in [5.74, 6) is 7.43. The first-order valence-corrected chi connectivity index (χ1v) is 12.2. The van der Waals surface area contributed by atoms with Gasteiger partial charge in [0.05, 0.1) is 0 Å². The minimum absolute atomic E-state index is 0.735. The fourth-order valence-electron chi connectivity index (χ4n) is 8.37. The van der Waals surface area contributed by atoms with Crippen molar-refractivity contribution in [3.8, 4) is 0 Å². The van der Waals surface area contributed by atoms with Gasteiger partial charge in [-0.05, 0) is 105 Å². The molecule has 26 heavy (non-hydrogen) atoms. The zero-order valence-corrected chi connectivity index (χ0v) is 17.0. The van der Waals surface area contributed by atoms with Crippen LogP contribution in [0.5, 0.6) is 0 Å². The maximum absolute atomic E-state index is 6.07. The first kappa shape index (κ1) is 16.6. The van der Waals surface area contributed by atoms with Crippen LogP contribution in [0.1, 0.15) is 77.0 Å². The maximum Gasteiger partial charge on any atom is 0.0289 e. The molecule has 0 aromatic rings. The summed E-state index contributed by atoms with van der Waals surface area (Å²) in [6, 6.07) is 0.766. The predicted molar refractivity (Wildman–Crippen MR) is 111 cm³/mol. The van der Waals surface area contributed by atoms with Crippen LogP contribution in [0.15, 0.2) is 11.8 Å². The van der Waals surface area contributed by atoms with Crippen LogP contribution in [0.4, 0.5) is 0 Å². The molecule has 6 bridgehead atoms. The number of nitrogens with one attached hydrogen (secondary N) is 1. The van der Waals surface area contributed by atoms with Gasteiger partial charge in [-0.15, -0.1) is 0 Å². The van der Waals surface area contributed by atoms with Gasteiger partial charge < -0.3 is 5.32 Å². The summed E-state index contributed by atoms with van der Waals surface area (Å²) in [5, 5.41) is 4.15. The highest BCUT2D eigenvalue weighted by atomic mass is 32.1. The van der Waals surface area contributed by atoms with Crippen LogP contribution in [0.2, 0.25) is 0 Å². The van der Waals surface area contributed by atoms with E-state index in [1.54, 1.807) is 5.70 Å². The van der Waals surface area contributed by atoms with Crippen LogP contribution in [0.3, 0.4) is 0 Å². The molecule has 1 N–H and O–H groups in total. The second-order valence-corrected chi connectivity index (χ2v) is 11.5. The molecule has 2 heteroatoms. The fraction of sp³-hybridized carbons (Fsp3) is 0.875. The van der Waals surface area contributed by atoms with Crippen LogP contribution in [-0.2, 0) is 0 Å². The Labute approximate surface area is 164 Å². The minimum atomic E-state index is 0.735. The molecule has 6 rings (SSSR count). The second-order valence-electron chi connectivity index (χ2n) is 11.0. The molecule has 6 aliphatic carbocycles. The molecule has 0 saturated heterocycles. The Morgan fingerprint density at radius 3 is 1.73 bits per heavy atom. The van der Waals surface area contributed by atoms with E-state index >= 15 is 0 Å². The lowest BCUT2D eigenvalue weighted by Crippen LogP contribution is -2.37. The molecule has 9 unspecified atom stereocenters. The van der Waals surface area contributed by atoms with Crippen molar-refractivity contribution in [3.05, 3.63) is 11.8 Å². The molecule has 142 valence electrons. The largest absolute Gasteiger partial charge is 0.385 e. The molecule has 0 spiro atoms. The van der Waals surface area contributed by atoms with E-state index in [4.69, 9.17) is 12.2 Å². The Balaban J connectivity index is 1.23. The zero-order valence-electron chi connectivity index (χ0n) is 16.2. The van der Waals surface area contributed by atoms with Gasteiger partial charge in [0.2, 0.25) is 0 Å². The van der Waals surface area contributed by atoms with Crippen molar-refractivity contribution < 1.29 is 0 Å². The zero-order chi connectivity index (χ0) is 17.3. The Kier molecular flexibility index (Phi) is 4.03. The molecule has 6 aliphatic rings. The van der Waals surface area contributed by atoms with Gasteiger partial charge in [-0.1, -0.05) is 31.5 Å². The van der Waals surface area contributed by atoms with Gasteiger partial charge in [0.15, 0.2) is 0 Å². The number of thiocarbonyl (C=S) groups is 1. The van der Waals surface area contributed by atoms with Gasteiger partial charge in [0.1, 0.15) is 0 Å². The van der Waals surface area contributed by atoms with Gasteiger partial charge in [-0.25, -0.2) is 0 Å². The number of hydrogen-bond donors (Lipinski definition) is 1. The van der Waals surface area contributed by atoms with Crippen LogP contribution >= 0.6 is 12.2 Å². The van der Waals surface area contributed by atoms with Crippen molar-refractivity contribution in [2.75, 3.05) is 0 Å². The summed E-state index contributed by atoms with van der Waals surface area (Å²) < 4.78 is 0. The lowest BCUT2D eigenvalue weighted by Gasteiger charge is -2.32. The van der Waals surface area contributed by atoms with E-state index in [-0.39, 0.29) is 0 Å². The monoisotopic (exact) mass is 369 g/mol. The van der Waals surface area contributed by atoms with E-state index in [1.807, 2.05) is 0 Å². The molecule has 0 aliphatic heterocycles. The second kappa shape index (κ2) is 6.33. The van der Waals surface area contributed by atoms with Crippen LogP contribution < -0.4 is 5.32 Å². The molecule has 6 fully saturated rings. The average molecular weight is 370 g/mol. The van der Waals surface area contributed by atoms with Crippen LogP contribution in [-0.4, -0.2) is 10.9 Å².